The molecule has 9 heteroatoms. The molecule has 1 N–H and O–H groups in total. The van der Waals surface area contributed by atoms with Gasteiger partial charge in [0.25, 0.3) is 11.8 Å². The van der Waals surface area contributed by atoms with E-state index in [0.29, 0.717) is 47.2 Å². The molecule has 0 radical (unpaired) electrons. The summed E-state index contributed by atoms with van der Waals surface area (Å²) in [6.45, 7) is 5.68. The van der Waals surface area contributed by atoms with E-state index in [1.165, 1.54) is 12.4 Å². The van der Waals surface area contributed by atoms with E-state index < -0.39 is 0 Å². The van der Waals surface area contributed by atoms with E-state index in [1.54, 1.807) is 24.3 Å². The van der Waals surface area contributed by atoms with Crippen molar-refractivity contribution in [1.29, 1.82) is 0 Å². The zero-order chi connectivity index (χ0) is 24.9. The van der Waals surface area contributed by atoms with Crippen LogP contribution in [0.2, 0.25) is 5.02 Å². The fraction of sp³-hybridized carbons (Fsp3) is 0.308. The first-order valence-electron chi connectivity index (χ1n) is 11.4. The molecular weight excluding hydrogens is 466 g/mol. The fourth-order valence-electron chi connectivity index (χ4n) is 4.07. The highest BCUT2D eigenvalue weighted by Gasteiger charge is 2.32. The molecule has 2 aromatic carbocycles. The highest BCUT2D eigenvalue weighted by molar-refractivity contribution is 6.30. The third kappa shape index (κ3) is 5.96. The van der Waals surface area contributed by atoms with Crippen LogP contribution in [0, 0.1) is 0 Å². The summed E-state index contributed by atoms with van der Waals surface area (Å²) in [5, 5.41) is 11.0. The van der Waals surface area contributed by atoms with Gasteiger partial charge in [-0.25, -0.2) is 0 Å². The summed E-state index contributed by atoms with van der Waals surface area (Å²) < 4.78 is 6.44. The quantitative estimate of drug-likeness (QED) is 0.532. The Morgan fingerprint density at radius 1 is 1.20 bits per heavy atom. The summed E-state index contributed by atoms with van der Waals surface area (Å²) in [5.41, 5.74) is 2.35. The maximum absolute atomic E-state index is 13.4. The Labute approximate surface area is 209 Å². The number of anilines is 1. The first kappa shape index (κ1) is 24.6. The molecule has 1 aromatic heterocycles. The van der Waals surface area contributed by atoms with E-state index in [2.05, 4.69) is 20.4 Å². The Morgan fingerprint density at radius 2 is 1.97 bits per heavy atom. The smallest absolute Gasteiger partial charge is 0.258 e. The minimum atomic E-state index is -0.356. The molecule has 4 rings (SSSR count). The molecule has 0 spiro atoms. The van der Waals surface area contributed by atoms with Gasteiger partial charge in [-0.15, -0.1) is 0 Å². The number of hydrogen-bond acceptors (Lipinski definition) is 6. The van der Waals surface area contributed by atoms with E-state index in [0.717, 1.165) is 5.56 Å². The van der Waals surface area contributed by atoms with Crippen LogP contribution in [0.4, 0.5) is 5.69 Å². The van der Waals surface area contributed by atoms with E-state index in [9.17, 15) is 9.59 Å². The van der Waals surface area contributed by atoms with E-state index >= 15 is 0 Å². The van der Waals surface area contributed by atoms with Gasteiger partial charge in [0.15, 0.2) is 5.75 Å². The van der Waals surface area contributed by atoms with Gasteiger partial charge in [0.1, 0.15) is 6.10 Å². The zero-order valence-corrected chi connectivity index (χ0v) is 20.7. The Balaban J connectivity index is 1.59. The van der Waals surface area contributed by atoms with Crippen molar-refractivity contribution in [3.63, 3.8) is 0 Å². The Hall–Kier alpha value is -3.49. The number of carbonyl (C=O) groups is 2. The van der Waals surface area contributed by atoms with E-state index in [4.69, 9.17) is 16.3 Å². The monoisotopic (exact) mass is 493 g/mol. The van der Waals surface area contributed by atoms with E-state index in [1.807, 2.05) is 50.1 Å². The van der Waals surface area contributed by atoms with E-state index in [-0.39, 0.29) is 24.0 Å². The predicted octanol–water partition coefficient (Wildman–Crippen LogP) is 4.13. The second kappa shape index (κ2) is 10.8. The average Bonchev–Trinajstić information content (AvgIpc) is 2.98. The van der Waals surface area contributed by atoms with Crippen LogP contribution >= 0.6 is 11.6 Å². The number of nitrogens with one attached hydrogen (secondary N) is 1. The number of halogens is 1. The molecule has 2 heterocycles. The van der Waals surface area contributed by atoms with Crippen LogP contribution in [0.1, 0.15) is 40.1 Å². The standard InChI is InChI=1S/C26H28ClN5O3/c1-17(2)32-16-21(15-31(3)14-18-7-9-20(27)10-8-18)35-24-22(26(32)34)5-4-6-23(24)30-25(33)19-11-12-28-29-13-19/h4-13,17,21H,14-16H2,1-3H3,(H,30,33)/t21-/m0/s1. The molecule has 2 amide bonds. The van der Waals surface area contributed by atoms with Gasteiger partial charge in [-0.1, -0.05) is 29.8 Å². The number of rotatable bonds is 7. The Bertz CT molecular complexity index is 1190. The molecule has 0 bridgehead atoms. The molecule has 0 saturated heterocycles. The lowest BCUT2D eigenvalue weighted by molar-refractivity contribution is 0.0605. The average molecular weight is 494 g/mol. The highest BCUT2D eigenvalue weighted by atomic mass is 35.5. The van der Waals surface area contributed by atoms with Crippen molar-refractivity contribution in [2.24, 2.45) is 0 Å². The summed E-state index contributed by atoms with van der Waals surface area (Å²) in [6, 6.07) is 14.5. The molecule has 3 aromatic rings. The normalized spacial score (nSPS) is 15.5. The summed E-state index contributed by atoms with van der Waals surface area (Å²) >= 11 is 6.01. The SMILES string of the molecule is CC(C)N1C[C@H](CN(C)Cc2ccc(Cl)cc2)Oc2c(NC(=O)c3ccnnc3)cccc2C1=O. The first-order valence-corrected chi connectivity index (χ1v) is 11.8. The van der Waals surface area contributed by atoms with Crippen LogP contribution in [0.5, 0.6) is 5.75 Å². The van der Waals surface area contributed by atoms with Gasteiger partial charge in [0, 0.05) is 24.2 Å². The van der Waals surface area contributed by atoms with Crippen molar-refractivity contribution in [3.8, 4) is 5.75 Å². The fourth-order valence-corrected chi connectivity index (χ4v) is 4.19. The van der Waals surface area contributed by atoms with Crippen molar-refractivity contribution in [3.05, 3.63) is 82.6 Å². The topological polar surface area (TPSA) is 87.7 Å². The number of fused-ring (bicyclic) bond motifs is 1. The van der Waals surface area contributed by atoms with Gasteiger partial charge >= 0.3 is 0 Å². The van der Waals surface area contributed by atoms with Crippen molar-refractivity contribution < 1.29 is 14.3 Å². The lowest BCUT2D eigenvalue weighted by Gasteiger charge is -2.30. The van der Waals surface area contributed by atoms with Crippen molar-refractivity contribution in [1.82, 2.24) is 20.0 Å². The van der Waals surface area contributed by atoms with Crippen LogP contribution in [-0.4, -0.2) is 64.1 Å². The molecule has 0 aliphatic carbocycles. The number of para-hydroxylation sites is 1. The maximum atomic E-state index is 13.4. The van der Waals surface area contributed by atoms with Gasteiger partial charge in [-0.2, -0.15) is 10.2 Å². The van der Waals surface area contributed by atoms with Crippen molar-refractivity contribution in [2.75, 3.05) is 25.5 Å². The summed E-state index contributed by atoms with van der Waals surface area (Å²) in [4.78, 5) is 30.2. The summed E-state index contributed by atoms with van der Waals surface area (Å²) in [5.74, 6) is -0.105. The maximum Gasteiger partial charge on any atom is 0.258 e. The number of aromatic nitrogens is 2. The Kier molecular flexibility index (Phi) is 7.63. The van der Waals surface area contributed by atoms with Gasteiger partial charge in [0.05, 0.1) is 35.8 Å². The van der Waals surface area contributed by atoms with Gasteiger partial charge in [-0.05, 0) is 56.8 Å². The molecule has 35 heavy (non-hydrogen) atoms. The minimum absolute atomic E-state index is 0.0118. The molecule has 1 aliphatic heterocycles. The summed E-state index contributed by atoms with van der Waals surface area (Å²) in [7, 11) is 2.01. The van der Waals surface area contributed by atoms with Crippen LogP contribution in [-0.2, 0) is 6.54 Å². The number of likely N-dealkylation sites (N-methyl/N-ethyl adjacent to an activating group) is 1. The number of nitrogens with zero attached hydrogens (tertiary/aromatic N) is 4. The third-order valence-electron chi connectivity index (χ3n) is 5.79. The number of carbonyl (C=O) groups excluding carboxylic acids is 2. The minimum Gasteiger partial charge on any atom is -0.484 e. The van der Waals surface area contributed by atoms with Crippen LogP contribution in [0.3, 0.4) is 0 Å². The van der Waals surface area contributed by atoms with Crippen LogP contribution < -0.4 is 10.1 Å². The second-order valence-electron chi connectivity index (χ2n) is 8.88. The second-order valence-corrected chi connectivity index (χ2v) is 9.32. The lowest BCUT2D eigenvalue weighted by atomic mass is 10.1. The van der Waals surface area contributed by atoms with Crippen molar-refractivity contribution in [2.45, 2.75) is 32.5 Å². The molecule has 1 aliphatic rings. The zero-order valence-electron chi connectivity index (χ0n) is 19.9. The number of ether oxygens (including phenoxy) is 1. The Morgan fingerprint density at radius 3 is 2.66 bits per heavy atom. The molecule has 0 unspecified atom stereocenters. The number of hydrogen-bond donors (Lipinski definition) is 1. The first-order chi connectivity index (χ1) is 16.8. The molecule has 8 nitrogen and oxygen atoms in total. The molecule has 0 saturated carbocycles. The van der Waals surface area contributed by atoms with Gasteiger partial charge in [-0.3, -0.25) is 14.5 Å². The van der Waals surface area contributed by atoms with Crippen LogP contribution in [0.25, 0.3) is 0 Å². The highest BCUT2D eigenvalue weighted by Crippen LogP contribution is 2.34. The molecule has 182 valence electrons. The molecular formula is C26H28ClN5O3. The predicted molar refractivity (Wildman–Crippen MR) is 135 cm³/mol. The van der Waals surface area contributed by atoms with Gasteiger partial charge < -0.3 is 15.0 Å². The van der Waals surface area contributed by atoms with Crippen molar-refractivity contribution >= 4 is 29.1 Å². The summed E-state index contributed by atoms with van der Waals surface area (Å²) in [6.07, 6.45) is 2.53. The van der Waals surface area contributed by atoms with Crippen LogP contribution in [0.15, 0.2) is 60.9 Å². The molecule has 1 atom stereocenters. The third-order valence-corrected chi connectivity index (χ3v) is 6.04. The number of benzene rings is 2. The molecule has 0 fully saturated rings. The van der Waals surface area contributed by atoms with Gasteiger partial charge in [0.2, 0.25) is 0 Å². The lowest BCUT2D eigenvalue weighted by Crippen LogP contribution is -2.45. The largest absolute Gasteiger partial charge is 0.484 e. The number of amides is 2.